The summed E-state index contributed by atoms with van der Waals surface area (Å²) >= 11 is 0. The van der Waals surface area contributed by atoms with Gasteiger partial charge in [-0.15, -0.1) is 0 Å². The molecule has 0 aliphatic heterocycles. The van der Waals surface area contributed by atoms with E-state index in [0.717, 1.165) is 11.1 Å². The van der Waals surface area contributed by atoms with Crippen LogP contribution in [0.3, 0.4) is 0 Å². The maximum Gasteiger partial charge on any atom is 0.308 e. The Hall–Kier alpha value is -3.86. The van der Waals surface area contributed by atoms with E-state index in [9.17, 15) is 9.59 Å². The highest BCUT2D eigenvalue weighted by molar-refractivity contribution is 6.10. The largest absolute Gasteiger partial charge is 0.454 e. The van der Waals surface area contributed by atoms with Crippen LogP contribution in [0, 0.1) is 0 Å². The van der Waals surface area contributed by atoms with E-state index in [1.807, 2.05) is 24.3 Å². The van der Waals surface area contributed by atoms with E-state index in [1.54, 1.807) is 12.1 Å². The van der Waals surface area contributed by atoms with Gasteiger partial charge in [0.15, 0.2) is 0 Å². The van der Waals surface area contributed by atoms with Crippen LogP contribution in [0.4, 0.5) is 0 Å². The van der Waals surface area contributed by atoms with E-state index in [-0.39, 0.29) is 10.8 Å². The molecule has 1 heterocycles. The Balaban J connectivity index is 2.03. The Morgan fingerprint density at radius 2 is 0.892 bits per heavy atom. The van der Waals surface area contributed by atoms with Crippen molar-refractivity contribution < 1.29 is 23.5 Å². The number of hydrogen-bond donors (Lipinski definition) is 0. The highest BCUT2D eigenvalue weighted by Gasteiger charge is 2.26. The summed E-state index contributed by atoms with van der Waals surface area (Å²) in [6, 6.07) is 19.6. The summed E-state index contributed by atoms with van der Waals surface area (Å²) in [6.45, 7) is 15.7. The molecule has 0 aliphatic rings. The molecule has 0 spiro atoms. The van der Waals surface area contributed by atoms with Crippen LogP contribution in [0.1, 0.15) is 66.5 Å². The van der Waals surface area contributed by atoms with Gasteiger partial charge in [0.2, 0.25) is 0 Å². The third kappa shape index (κ3) is 5.46. The van der Waals surface area contributed by atoms with Crippen molar-refractivity contribution in [2.75, 3.05) is 0 Å². The molecular formula is C32H34O5. The average molecular weight is 499 g/mol. The number of furan rings is 1. The molecule has 1 aromatic heterocycles. The van der Waals surface area contributed by atoms with Crippen molar-refractivity contribution >= 4 is 22.7 Å². The van der Waals surface area contributed by atoms with E-state index in [1.165, 1.54) is 25.0 Å². The SMILES string of the molecule is CC(=O)Oc1ccc(OC(C)=O)c2c(-c3ccc(C(C)(C)C)cc3)oc(-c3ccc(C(C)(C)C)cc3)c12. The lowest BCUT2D eigenvalue weighted by Crippen LogP contribution is -2.10. The van der Waals surface area contributed by atoms with Crippen LogP contribution >= 0.6 is 0 Å². The Labute approximate surface area is 218 Å². The summed E-state index contributed by atoms with van der Waals surface area (Å²) < 4.78 is 17.8. The smallest absolute Gasteiger partial charge is 0.308 e. The molecule has 0 amide bonds. The molecule has 3 aromatic carbocycles. The molecule has 37 heavy (non-hydrogen) atoms. The molecule has 4 aromatic rings. The van der Waals surface area contributed by atoms with Crippen LogP contribution in [0.2, 0.25) is 0 Å². The molecule has 0 N–H and O–H groups in total. The Kier molecular flexibility index (Phi) is 6.76. The monoisotopic (exact) mass is 498 g/mol. The molecule has 192 valence electrons. The number of rotatable bonds is 4. The molecule has 0 aliphatic carbocycles. The van der Waals surface area contributed by atoms with Crippen LogP contribution in [-0.2, 0) is 20.4 Å². The van der Waals surface area contributed by atoms with Crippen molar-refractivity contribution in [3.63, 3.8) is 0 Å². The molecular weight excluding hydrogens is 464 g/mol. The summed E-state index contributed by atoms with van der Waals surface area (Å²) in [6.07, 6.45) is 0. The van der Waals surface area contributed by atoms with Gasteiger partial charge in [-0.3, -0.25) is 9.59 Å². The first-order chi connectivity index (χ1) is 17.3. The number of fused-ring (bicyclic) bond motifs is 1. The van der Waals surface area contributed by atoms with Gasteiger partial charge in [-0.1, -0.05) is 90.1 Å². The minimum Gasteiger partial charge on any atom is -0.454 e. The van der Waals surface area contributed by atoms with E-state index in [4.69, 9.17) is 13.9 Å². The third-order valence-corrected chi connectivity index (χ3v) is 6.32. The number of benzene rings is 3. The van der Waals surface area contributed by atoms with Gasteiger partial charge < -0.3 is 13.9 Å². The number of esters is 2. The summed E-state index contributed by atoms with van der Waals surface area (Å²) in [5, 5.41) is 1.15. The van der Waals surface area contributed by atoms with Gasteiger partial charge in [0.25, 0.3) is 0 Å². The quantitative estimate of drug-likeness (QED) is 0.209. The van der Waals surface area contributed by atoms with Crippen LogP contribution in [0.5, 0.6) is 11.5 Å². The second kappa shape index (κ2) is 9.55. The number of hydrogen-bond acceptors (Lipinski definition) is 5. The minimum atomic E-state index is -0.451. The third-order valence-electron chi connectivity index (χ3n) is 6.32. The highest BCUT2D eigenvalue weighted by atomic mass is 16.5. The van der Waals surface area contributed by atoms with Gasteiger partial charge in [-0.2, -0.15) is 0 Å². The molecule has 0 saturated heterocycles. The first kappa shape index (κ1) is 26.2. The van der Waals surface area contributed by atoms with Crippen LogP contribution in [0.25, 0.3) is 33.4 Å². The lowest BCUT2D eigenvalue weighted by Gasteiger charge is -2.19. The van der Waals surface area contributed by atoms with Crippen molar-refractivity contribution in [1.29, 1.82) is 0 Å². The fourth-order valence-corrected chi connectivity index (χ4v) is 4.35. The average Bonchev–Trinajstić information content (AvgIpc) is 3.21. The van der Waals surface area contributed by atoms with Crippen molar-refractivity contribution in [3.8, 4) is 34.1 Å². The molecule has 5 heteroatoms. The van der Waals surface area contributed by atoms with Crippen LogP contribution in [0.15, 0.2) is 65.1 Å². The predicted molar refractivity (Wildman–Crippen MR) is 147 cm³/mol. The van der Waals surface area contributed by atoms with Gasteiger partial charge in [0.1, 0.15) is 23.0 Å². The van der Waals surface area contributed by atoms with Crippen molar-refractivity contribution in [2.24, 2.45) is 0 Å². The standard InChI is InChI=1S/C32H34O5/c1-19(33)35-25-17-18-26(36-20(2)34)28-27(25)29(21-9-13-23(14-10-21)31(3,4)5)37-30(28)22-11-15-24(16-12-22)32(6,7)8/h9-18H,1-8H3. The maximum absolute atomic E-state index is 12.0. The summed E-state index contributed by atoms with van der Waals surface area (Å²) in [5.41, 5.74) is 4.01. The zero-order chi connectivity index (χ0) is 27.1. The summed E-state index contributed by atoms with van der Waals surface area (Å²) in [7, 11) is 0. The fraction of sp³-hybridized carbons (Fsp3) is 0.312. The molecule has 4 rings (SSSR count). The lowest BCUT2D eigenvalue weighted by molar-refractivity contribution is -0.132. The Morgan fingerprint density at radius 3 is 1.16 bits per heavy atom. The zero-order valence-corrected chi connectivity index (χ0v) is 22.8. The second-order valence-corrected chi connectivity index (χ2v) is 11.4. The normalized spacial score (nSPS) is 12.0. The second-order valence-electron chi connectivity index (χ2n) is 11.4. The first-order valence-corrected chi connectivity index (χ1v) is 12.4. The maximum atomic E-state index is 12.0. The minimum absolute atomic E-state index is 0.00484. The molecule has 0 bridgehead atoms. The number of carbonyl (C=O) groups excluding carboxylic acids is 2. The zero-order valence-electron chi connectivity index (χ0n) is 22.8. The molecule has 0 radical (unpaired) electrons. The van der Waals surface area contributed by atoms with Crippen molar-refractivity contribution in [1.82, 2.24) is 0 Å². The topological polar surface area (TPSA) is 65.7 Å². The van der Waals surface area contributed by atoms with E-state index >= 15 is 0 Å². The van der Waals surface area contributed by atoms with Crippen LogP contribution in [-0.4, -0.2) is 11.9 Å². The highest BCUT2D eigenvalue weighted by Crippen LogP contribution is 2.48. The van der Waals surface area contributed by atoms with Crippen LogP contribution < -0.4 is 9.47 Å². The first-order valence-electron chi connectivity index (χ1n) is 12.4. The van der Waals surface area contributed by atoms with Crippen molar-refractivity contribution in [3.05, 3.63) is 71.8 Å². The van der Waals surface area contributed by atoms with Gasteiger partial charge in [-0.25, -0.2) is 0 Å². The molecule has 0 atom stereocenters. The van der Waals surface area contributed by atoms with Gasteiger partial charge in [0.05, 0.1) is 10.8 Å². The van der Waals surface area contributed by atoms with E-state index in [0.29, 0.717) is 33.8 Å². The number of carbonyl (C=O) groups is 2. The summed E-state index contributed by atoms with van der Waals surface area (Å²) in [4.78, 5) is 24.0. The van der Waals surface area contributed by atoms with Gasteiger partial charge in [0, 0.05) is 25.0 Å². The molecule has 0 fully saturated rings. The van der Waals surface area contributed by atoms with E-state index in [2.05, 4.69) is 65.8 Å². The lowest BCUT2D eigenvalue weighted by atomic mass is 9.86. The van der Waals surface area contributed by atoms with Gasteiger partial charge in [-0.05, 0) is 34.1 Å². The molecule has 0 unspecified atom stereocenters. The van der Waals surface area contributed by atoms with Crippen molar-refractivity contribution in [2.45, 2.75) is 66.2 Å². The Bertz CT molecular complexity index is 1350. The summed E-state index contributed by atoms with van der Waals surface area (Å²) in [5.74, 6) is 0.858. The molecule has 5 nitrogen and oxygen atoms in total. The predicted octanol–water partition coefficient (Wildman–Crippen LogP) is 8.21. The fourth-order valence-electron chi connectivity index (χ4n) is 4.35. The number of ether oxygens (including phenoxy) is 2. The van der Waals surface area contributed by atoms with Gasteiger partial charge >= 0.3 is 11.9 Å². The molecule has 0 saturated carbocycles. The van der Waals surface area contributed by atoms with E-state index < -0.39 is 11.9 Å². The Morgan fingerprint density at radius 1 is 0.568 bits per heavy atom.